The molecule has 0 amide bonds. The molecule has 3 atom stereocenters. The highest BCUT2D eigenvalue weighted by Gasteiger charge is 2.48. The zero-order chi connectivity index (χ0) is 9.64. The van der Waals surface area contributed by atoms with Gasteiger partial charge in [-0.3, -0.25) is 4.79 Å². The third-order valence-corrected chi connectivity index (χ3v) is 4.48. The Labute approximate surface area is 80.2 Å². The number of hydrogen-bond acceptors (Lipinski definition) is 1. The molecular formula is C12H18O. The third kappa shape index (κ3) is 1.09. The normalized spacial score (nSPS) is 45.1. The molecular weight excluding hydrogens is 160 g/mol. The van der Waals surface area contributed by atoms with Crippen LogP contribution in [0.3, 0.4) is 0 Å². The molecule has 2 saturated carbocycles. The fraction of sp³-hybridized carbons (Fsp3) is 0.750. The number of Topliss-reactive ketones (excluding diaryl/α,β-unsaturated/α-hetero) is 1. The van der Waals surface area contributed by atoms with Gasteiger partial charge in [0.05, 0.1) is 0 Å². The van der Waals surface area contributed by atoms with Crippen LogP contribution in [-0.2, 0) is 4.79 Å². The minimum atomic E-state index is 0.316. The zero-order valence-corrected chi connectivity index (χ0v) is 8.60. The van der Waals surface area contributed by atoms with Crippen molar-refractivity contribution in [3.63, 3.8) is 0 Å². The summed E-state index contributed by atoms with van der Waals surface area (Å²) in [5.74, 6) is 1.57. The highest BCUT2D eigenvalue weighted by Crippen LogP contribution is 2.55. The Balaban J connectivity index is 2.31. The van der Waals surface area contributed by atoms with Crippen molar-refractivity contribution >= 4 is 5.78 Å². The molecule has 0 N–H and O–H groups in total. The van der Waals surface area contributed by atoms with Gasteiger partial charge in [0, 0.05) is 6.42 Å². The van der Waals surface area contributed by atoms with Crippen molar-refractivity contribution in [1.82, 2.24) is 0 Å². The molecule has 0 bridgehead atoms. The van der Waals surface area contributed by atoms with Crippen molar-refractivity contribution in [3.8, 4) is 0 Å². The molecule has 1 nitrogen and oxygen atoms in total. The first kappa shape index (κ1) is 8.98. The van der Waals surface area contributed by atoms with Crippen molar-refractivity contribution < 1.29 is 4.79 Å². The number of ketones is 1. The van der Waals surface area contributed by atoms with Crippen molar-refractivity contribution in [2.75, 3.05) is 0 Å². The summed E-state index contributed by atoms with van der Waals surface area (Å²) in [5.41, 5.74) is 1.29. The predicted molar refractivity (Wildman–Crippen MR) is 53.4 cm³/mol. The predicted octanol–water partition coefficient (Wildman–Crippen LogP) is 2.96. The average Bonchev–Trinajstić information content (AvgIpc) is 2.39. The van der Waals surface area contributed by atoms with Gasteiger partial charge >= 0.3 is 0 Å². The first-order valence-corrected chi connectivity index (χ1v) is 5.27. The van der Waals surface area contributed by atoms with Crippen LogP contribution < -0.4 is 0 Å². The molecule has 13 heavy (non-hydrogen) atoms. The molecule has 2 aliphatic carbocycles. The third-order valence-electron chi connectivity index (χ3n) is 4.48. The van der Waals surface area contributed by atoms with Gasteiger partial charge in [-0.2, -0.15) is 0 Å². The highest BCUT2D eigenvalue weighted by atomic mass is 16.1. The lowest BCUT2D eigenvalue weighted by atomic mass is 9.64. The fourth-order valence-electron chi connectivity index (χ4n) is 3.15. The van der Waals surface area contributed by atoms with Crippen LogP contribution in [-0.4, -0.2) is 5.78 Å². The summed E-state index contributed by atoms with van der Waals surface area (Å²) >= 11 is 0. The molecule has 0 spiro atoms. The lowest BCUT2D eigenvalue weighted by Gasteiger charge is -2.40. The molecule has 1 heteroatoms. The van der Waals surface area contributed by atoms with Crippen molar-refractivity contribution in [1.29, 1.82) is 0 Å². The maximum absolute atomic E-state index is 11.5. The number of hydrogen-bond donors (Lipinski definition) is 0. The minimum Gasteiger partial charge on any atom is -0.295 e. The van der Waals surface area contributed by atoms with Gasteiger partial charge in [0.2, 0.25) is 0 Å². The summed E-state index contributed by atoms with van der Waals surface area (Å²) in [5, 5.41) is 0. The standard InChI is InChI=1S/C12H18O/c1-8-4-5-10-9(2)11(13)6-7-12(8,10)3/h8,10H,2,4-7H2,1,3H3/t8-,10?,12+/m1/s1. The van der Waals surface area contributed by atoms with E-state index >= 15 is 0 Å². The van der Waals surface area contributed by atoms with Crippen LogP contribution in [0.4, 0.5) is 0 Å². The molecule has 0 saturated heterocycles. The smallest absolute Gasteiger partial charge is 0.158 e. The molecule has 72 valence electrons. The molecule has 2 aliphatic rings. The van der Waals surface area contributed by atoms with Gasteiger partial charge in [0.1, 0.15) is 0 Å². The number of allylic oxidation sites excluding steroid dienone is 1. The van der Waals surface area contributed by atoms with E-state index in [9.17, 15) is 4.79 Å². The van der Waals surface area contributed by atoms with Gasteiger partial charge in [0.15, 0.2) is 5.78 Å². The summed E-state index contributed by atoms with van der Waals surface area (Å²) in [7, 11) is 0. The lowest BCUT2D eigenvalue weighted by Crippen LogP contribution is -2.35. The summed E-state index contributed by atoms with van der Waals surface area (Å²) in [6, 6.07) is 0. The number of carbonyl (C=O) groups is 1. The first-order valence-electron chi connectivity index (χ1n) is 5.27. The van der Waals surface area contributed by atoms with Crippen LogP contribution in [0.25, 0.3) is 0 Å². The Kier molecular flexibility index (Phi) is 1.86. The second-order valence-electron chi connectivity index (χ2n) is 4.99. The molecule has 0 aromatic carbocycles. The van der Waals surface area contributed by atoms with Gasteiger partial charge in [-0.25, -0.2) is 0 Å². The summed E-state index contributed by atoms with van der Waals surface area (Å²) < 4.78 is 0. The van der Waals surface area contributed by atoms with E-state index in [1.165, 1.54) is 12.8 Å². The van der Waals surface area contributed by atoms with Crippen LogP contribution in [0, 0.1) is 17.3 Å². The summed E-state index contributed by atoms with van der Waals surface area (Å²) in [4.78, 5) is 11.5. The molecule has 2 rings (SSSR count). The highest BCUT2D eigenvalue weighted by molar-refractivity contribution is 5.96. The molecule has 0 aromatic heterocycles. The second-order valence-corrected chi connectivity index (χ2v) is 4.99. The molecule has 0 aliphatic heterocycles. The maximum Gasteiger partial charge on any atom is 0.158 e. The van der Waals surface area contributed by atoms with Crippen LogP contribution in [0.2, 0.25) is 0 Å². The van der Waals surface area contributed by atoms with E-state index in [1.54, 1.807) is 0 Å². The number of rotatable bonds is 0. The van der Waals surface area contributed by atoms with Gasteiger partial charge in [0.25, 0.3) is 0 Å². The molecule has 2 fully saturated rings. The van der Waals surface area contributed by atoms with Crippen LogP contribution in [0.1, 0.15) is 39.5 Å². The van der Waals surface area contributed by atoms with Gasteiger partial charge in [-0.05, 0) is 42.1 Å². The summed E-state index contributed by atoms with van der Waals surface area (Å²) in [6.45, 7) is 8.63. The Morgan fingerprint density at radius 2 is 2.15 bits per heavy atom. The largest absolute Gasteiger partial charge is 0.295 e. The Hall–Kier alpha value is -0.590. The zero-order valence-electron chi connectivity index (χ0n) is 8.60. The average molecular weight is 178 g/mol. The van der Waals surface area contributed by atoms with Gasteiger partial charge in [-0.1, -0.05) is 20.4 Å². The molecule has 0 aromatic rings. The van der Waals surface area contributed by atoms with E-state index in [0.717, 1.165) is 24.3 Å². The van der Waals surface area contributed by atoms with E-state index < -0.39 is 0 Å². The van der Waals surface area contributed by atoms with Crippen LogP contribution >= 0.6 is 0 Å². The van der Waals surface area contributed by atoms with E-state index in [1.807, 2.05) is 0 Å². The Bertz CT molecular complexity index is 266. The second kappa shape index (κ2) is 2.70. The Morgan fingerprint density at radius 1 is 1.46 bits per heavy atom. The van der Waals surface area contributed by atoms with Crippen LogP contribution in [0.15, 0.2) is 12.2 Å². The number of fused-ring (bicyclic) bond motifs is 1. The van der Waals surface area contributed by atoms with Crippen molar-refractivity contribution in [2.24, 2.45) is 17.3 Å². The van der Waals surface area contributed by atoms with E-state index in [-0.39, 0.29) is 0 Å². The van der Waals surface area contributed by atoms with Crippen molar-refractivity contribution in [2.45, 2.75) is 39.5 Å². The summed E-state index contributed by atoms with van der Waals surface area (Å²) in [6.07, 6.45) is 4.27. The fourth-order valence-corrected chi connectivity index (χ4v) is 3.15. The molecule has 0 radical (unpaired) electrons. The quantitative estimate of drug-likeness (QED) is 0.521. The van der Waals surface area contributed by atoms with Crippen LogP contribution in [0.5, 0.6) is 0 Å². The lowest BCUT2D eigenvalue weighted by molar-refractivity contribution is -0.119. The first-order chi connectivity index (χ1) is 6.05. The van der Waals surface area contributed by atoms with E-state index in [2.05, 4.69) is 20.4 Å². The van der Waals surface area contributed by atoms with Gasteiger partial charge < -0.3 is 0 Å². The molecule has 0 heterocycles. The maximum atomic E-state index is 11.5. The SMILES string of the molecule is C=C1C(=O)CC[C@]2(C)C1CC[C@H]2C. The van der Waals surface area contributed by atoms with Gasteiger partial charge in [-0.15, -0.1) is 0 Å². The Morgan fingerprint density at radius 3 is 2.85 bits per heavy atom. The van der Waals surface area contributed by atoms with Crippen molar-refractivity contribution in [3.05, 3.63) is 12.2 Å². The molecule has 1 unspecified atom stereocenters. The number of carbonyl (C=O) groups excluding carboxylic acids is 1. The minimum absolute atomic E-state index is 0.316. The van der Waals surface area contributed by atoms with E-state index in [0.29, 0.717) is 17.1 Å². The van der Waals surface area contributed by atoms with E-state index in [4.69, 9.17) is 0 Å². The monoisotopic (exact) mass is 178 g/mol. The topological polar surface area (TPSA) is 17.1 Å².